The van der Waals surface area contributed by atoms with Crippen LogP contribution in [0.5, 0.6) is 0 Å². The highest BCUT2D eigenvalue weighted by molar-refractivity contribution is 9.10. The molecule has 4 heteroatoms. The minimum Gasteiger partial charge on any atom is -0.469 e. The minimum atomic E-state index is -0.140. The van der Waals surface area contributed by atoms with E-state index in [1.165, 1.54) is 7.11 Å². The molecule has 0 aromatic heterocycles. The first-order valence-corrected chi connectivity index (χ1v) is 5.58. The number of carbonyl (C=O) groups excluding carboxylic acids is 1. The van der Waals surface area contributed by atoms with E-state index in [9.17, 15) is 4.79 Å². The standard InChI is InChI=1S/C11H12BrNO2/c1-15-11(14)9-6-13-10(9)7-3-2-4-8(12)5-7/h2-5,9-10,13H,6H2,1H3. The molecule has 3 nitrogen and oxygen atoms in total. The summed E-state index contributed by atoms with van der Waals surface area (Å²) in [7, 11) is 1.43. The fourth-order valence-corrected chi connectivity index (χ4v) is 2.19. The summed E-state index contributed by atoms with van der Waals surface area (Å²) in [6, 6.07) is 8.06. The molecule has 1 aliphatic heterocycles. The van der Waals surface area contributed by atoms with Crippen LogP contribution in [0.4, 0.5) is 0 Å². The molecule has 2 rings (SSSR count). The normalized spacial score (nSPS) is 24.4. The van der Waals surface area contributed by atoms with Crippen molar-refractivity contribution in [2.75, 3.05) is 13.7 Å². The molecule has 1 aliphatic rings. The maximum absolute atomic E-state index is 11.4. The third-order valence-corrected chi connectivity index (χ3v) is 3.17. The second-order valence-electron chi connectivity index (χ2n) is 3.57. The Morgan fingerprint density at radius 1 is 1.60 bits per heavy atom. The van der Waals surface area contributed by atoms with E-state index in [1.54, 1.807) is 0 Å². The predicted molar refractivity (Wildman–Crippen MR) is 60.4 cm³/mol. The molecule has 0 bridgehead atoms. The SMILES string of the molecule is COC(=O)C1CNC1c1cccc(Br)c1. The molecule has 0 amide bonds. The van der Waals surface area contributed by atoms with Gasteiger partial charge in [-0.2, -0.15) is 0 Å². The largest absolute Gasteiger partial charge is 0.469 e. The van der Waals surface area contributed by atoms with Crippen LogP contribution >= 0.6 is 15.9 Å². The lowest BCUT2D eigenvalue weighted by molar-refractivity contribution is -0.149. The first-order chi connectivity index (χ1) is 7.22. The predicted octanol–water partition coefficient (Wildman–Crippen LogP) is 1.88. The molecule has 1 heterocycles. The molecule has 0 spiro atoms. The van der Waals surface area contributed by atoms with Crippen LogP contribution in [0.1, 0.15) is 11.6 Å². The highest BCUT2D eigenvalue weighted by Gasteiger charge is 2.37. The smallest absolute Gasteiger partial charge is 0.311 e. The summed E-state index contributed by atoms with van der Waals surface area (Å²) in [6.45, 7) is 0.698. The monoisotopic (exact) mass is 269 g/mol. The van der Waals surface area contributed by atoms with Crippen molar-refractivity contribution in [3.63, 3.8) is 0 Å². The maximum Gasteiger partial charge on any atom is 0.311 e. The van der Waals surface area contributed by atoms with Crippen molar-refractivity contribution in [2.45, 2.75) is 6.04 Å². The van der Waals surface area contributed by atoms with E-state index in [-0.39, 0.29) is 17.9 Å². The third-order valence-electron chi connectivity index (χ3n) is 2.67. The van der Waals surface area contributed by atoms with Crippen LogP contribution in [-0.4, -0.2) is 19.6 Å². The number of hydrogen-bond acceptors (Lipinski definition) is 3. The van der Waals surface area contributed by atoms with Gasteiger partial charge in [0.15, 0.2) is 0 Å². The molecule has 0 saturated carbocycles. The number of nitrogens with one attached hydrogen (secondary N) is 1. The number of benzene rings is 1. The summed E-state index contributed by atoms with van der Waals surface area (Å²) >= 11 is 3.41. The average Bonchev–Trinajstić information content (AvgIpc) is 2.16. The Bertz CT molecular complexity index is 381. The highest BCUT2D eigenvalue weighted by atomic mass is 79.9. The lowest BCUT2D eigenvalue weighted by Crippen LogP contribution is -2.50. The Labute approximate surface area is 96.9 Å². The number of halogens is 1. The number of carbonyl (C=O) groups is 1. The Balaban J connectivity index is 2.15. The summed E-state index contributed by atoms with van der Waals surface area (Å²) in [5.41, 5.74) is 1.12. The molecular weight excluding hydrogens is 258 g/mol. The molecule has 1 fully saturated rings. The van der Waals surface area contributed by atoms with Gasteiger partial charge in [0.2, 0.25) is 0 Å². The van der Waals surface area contributed by atoms with Crippen LogP contribution in [0.2, 0.25) is 0 Å². The lowest BCUT2D eigenvalue weighted by Gasteiger charge is -2.36. The first kappa shape index (κ1) is 10.6. The van der Waals surface area contributed by atoms with E-state index in [1.807, 2.05) is 24.3 Å². The molecule has 2 atom stereocenters. The number of methoxy groups -OCH3 is 1. The van der Waals surface area contributed by atoms with E-state index in [0.29, 0.717) is 6.54 Å². The van der Waals surface area contributed by atoms with Crippen LogP contribution in [-0.2, 0) is 9.53 Å². The lowest BCUT2D eigenvalue weighted by atomic mass is 9.86. The van der Waals surface area contributed by atoms with Crippen molar-refractivity contribution < 1.29 is 9.53 Å². The van der Waals surface area contributed by atoms with Gasteiger partial charge in [0, 0.05) is 17.1 Å². The average molecular weight is 270 g/mol. The Morgan fingerprint density at radius 3 is 2.93 bits per heavy atom. The van der Waals surface area contributed by atoms with Gasteiger partial charge in [-0.25, -0.2) is 0 Å². The molecule has 2 unspecified atom stereocenters. The summed E-state index contributed by atoms with van der Waals surface area (Å²) in [6.07, 6.45) is 0. The Kier molecular flexibility index (Phi) is 3.07. The topological polar surface area (TPSA) is 38.3 Å². The molecule has 80 valence electrons. The van der Waals surface area contributed by atoms with Gasteiger partial charge in [0.1, 0.15) is 0 Å². The van der Waals surface area contributed by atoms with Gasteiger partial charge in [0.05, 0.1) is 13.0 Å². The van der Waals surface area contributed by atoms with E-state index >= 15 is 0 Å². The van der Waals surface area contributed by atoms with Crippen molar-refractivity contribution in [3.8, 4) is 0 Å². The first-order valence-electron chi connectivity index (χ1n) is 4.79. The van der Waals surface area contributed by atoms with Crippen LogP contribution in [0.15, 0.2) is 28.7 Å². The van der Waals surface area contributed by atoms with Gasteiger partial charge in [-0.05, 0) is 17.7 Å². The van der Waals surface area contributed by atoms with Crippen LogP contribution in [0.25, 0.3) is 0 Å². The van der Waals surface area contributed by atoms with Gasteiger partial charge in [-0.15, -0.1) is 0 Å². The van der Waals surface area contributed by atoms with Gasteiger partial charge in [-0.1, -0.05) is 28.1 Å². The second-order valence-corrected chi connectivity index (χ2v) is 4.49. The van der Waals surface area contributed by atoms with E-state index in [2.05, 4.69) is 21.2 Å². The van der Waals surface area contributed by atoms with E-state index in [4.69, 9.17) is 4.74 Å². The molecule has 0 aliphatic carbocycles. The van der Waals surface area contributed by atoms with Crippen LogP contribution in [0, 0.1) is 5.92 Å². The second kappa shape index (κ2) is 4.33. The Hall–Kier alpha value is -0.870. The van der Waals surface area contributed by atoms with Gasteiger partial charge in [0.25, 0.3) is 0 Å². The van der Waals surface area contributed by atoms with E-state index < -0.39 is 0 Å². The van der Waals surface area contributed by atoms with Crippen molar-refractivity contribution in [1.29, 1.82) is 0 Å². The zero-order valence-corrected chi connectivity index (χ0v) is 9.95. The van der Waals surface area contributed by atoms with Gasteiger partial charge in [-0.3, -0.25) is 4.79 Å². The van der Waals surface area contributed by atoms with Crippen molar-refractivity contribution in [2.24, 2.45) is 5.92 Å². The summed E-state index contributed by atoms with van der Waals surface area (Å²) in [4.78, 5) is 11.4. The van der Waals surface area contributed by atoms with E-state index in [0.717, 1.165) is 10.0 Å². The molecule has 1 N–H and O–H groups in total. The van der Waals surface area contributed by atoms with Crippen molar-refractivity contribution in [3.05, 3.63) is 34.3 Å². The zero-order valence-electron chi connectivity index (χ0n) is 8.37. The zero-order chi connectivity index (χ0) is 10.8. The van der Waals surface area contributed by atoms with Crippen molar-refractivity contribution in [1.82, 2.24) is 5.32 Å². The van der Waals surface area contributed by atoms with Crippen molar-refractivity contribution >= 4 is 21.9 Å². The number of ether oxygens (including phenoxy) is 1. The van der Waals surface area contributed by atoms with Crippen LogP contribution in [0.3, 0.4) is 0 Å². The van der Waals surface area contributed by atoms with Gasteiger partial charge >= 0.3 is 5.97 Å². The highest BCUT2D eigenvalue weighted by Crippen LogP contribution is 2.31. The summed E-state index contributed by atoms with van der Waals surface area (Å²) in [5, 5.41) is 3.23. The maximum atomic E-state index is 11.4. The third kappa shape index (κ3) is 2.06. The van der Waals surface area contributed by atoms with Crippen LogP contribution < -0.4 is 5.32 Å². The molecular formula is C11H12BrNO2. The van der Waals surface area contributed by atoms with Gasteiger partial charge < -0.3 is 10.1 Å². The molecule has 1 aromatic rings. The summed E-state index contributed by atoms with van der Waals surface area (Å²) in [5.74, 6) is -0.192. The summed E-state index contributed by atoms with van der Waals surface area (Å²) < 4.78 is 5.77. The molecule has 1 aromatic carbocycles. The number of hydrogen-bond donors (Lipinski definition) is 1. The molecule has 0 radical (unpaired) electrons. The number of esters is 1. The molecule has 1 saturated heterocycles. The number of rotatable bonds is 2. The minimum absolute atomic E-state index is 0.0516. The quantitative estimate of drug-likeness (QED) is 0.834. The molecule has 15 heavy (non-hydrogen) atoms. The fourth-order valence-electron chi connectivity index (χ4n) is 1.77. The Morgan fingerprint density at radius 2 is 2.40 bits per heavy atom. The fraction of sp³-hybridized carbons (Fsp3) is 0.364.